The van der Waals surface area contributed by atoms with Gasteiger partial charge in [-0.2, -0.15) is 0 Å². The standard InChI is InChI=1S/C10H12ClFO2/c1-7-9(12)5-8(11)6-10(7)14-4-3-13-2/h5-6H,3-4H2,1-2H3. The summed E-state index contributed by atoms with van der Waals surface area (Å²) in [6.07, 6.45) is 0. The fourth-order valence-electron chi connectivity index (χ4n) is 1.01. The van der Waals surface area contributed by atoms with Crippen molar-refractivity contribution in [2.45, 2.75) is 6.92 Å². The molecule has 1 aromatic rings. The molecule has 0 atom stereocenters. The van der Waals surface area contributed by atoms with Gasteiger partial charge in [-0.1, -0.05) is 11.6 Å². The van der Waals surface area contributed by atoms with E-state index < -0.39 is 0 Å². The van der Waals surface area contributed by atoms with Gasteiger partial charge in [-0.15, -0.1) is 0 Å². The summed E-state index contributed by atoms with van der Waals surface area (Å²) in [4.78, 5) is 0. The highest BCUT2D eigenvalue weighted by Gasteiger charge is 2.06. The van der Waals surface area contributed by atoms with E-state index in [1.807, 2.05) is 0 Å². The molecule has 0 unspecified atom stereocenters. The maximum absolute atomic E-state index is 13.2. The summed E-state index contributed by atoms with van der Waals surface area (Å²) in [7, 11) is 1.58. The minimum Gasteiger partial charge on any atom is -0.491 e. The van der Waals surface area contributed by atoms with E-state index in [1.54, 1.807) is 20.1 Å². The van der Waals surface area contributed by atoms with Gasteiger partial charge in [-0.05, 0) is 19.1 Å². The Balaban J connectivity index is 2.75. The van der Waals surface area contributed by atoms with Gasteiger partial charge >= 0.3 is 0 Å². The van der Waals surface area contributed by atoms with E-state index in [1.165, 1.54) is 6.07 Å². The van der Waals surface area contributed by atoms with Crippen molar-refractivity contribution >= 4 is 11.6 Å². The maximum Gasteiger partial charge on any atom is 0.131 e. The van der Waals surface area contributed by atoms with Crippen LogP contribution in [0.3, 0.4) is 0 Å². The SMILES string of the molecule is COCCOc1cc(Cl)cc(F)c1C. The zero-order chi connectivity index (χ0) is 10.6. The average molecular weight is 219 g/mol. The molecule has 1 rings (SSSR count). The Morgan fingerprint density at radius 3 is 2.71 bits per heavy atom. The minimum atomic E-state index is -0.357. The number of ether oxygens (including phenoxy) is 2. The van der Waals surface area contributed by atoms with Crippen LogP contribution in [0.15, 0.2) is 12.1 Å². The number of benzene rings is 1. The highest BCUT2D eigenvalue weighted by atomic mass is 35.5. The molecule has 0 spiro atoms. The zero-order valence-corrected chi connectivity index (χ0v) is 8.90. The Kier molecular flexibility index (Phi) is 4.17. The van der Waals surface area contributed by atoms with Crippen LogP contribution in [0, 0.1) is 12.7 Å². The molecule has 1 aromatic carbocycles. The molecule has 2 nitrogen and oxygen atoms in total. The van der Waals surface area contributed by atoms with Gasteiger partial charge in [0.1, 0.15) is 18.2 Å². The van der Waals surface area contributed by atoms with Crippen LogP contribution in [-0.2, 0) is 4.74 Å². The van der Waals surface area contributed by atoms with Crippen molar-refractivity contribution in [1.29, 1.82) is 0 Å². The molecule has 0 bridgehead atoms. The minimum absolute atomic E-state index is 0.334. The van der Waals surface area contributed by atoms with E-state index in [0.717, 1.165) is 0 Å². The largest absolute Gasteiger partial charge is 0.491 e. The quantitative estimate of drug-likeness (QED) is 0.724. The zero-order valence-electron chi connectivity index (χ0n) is 8.14. The lowest BCUT2D eigenvalue weighted by Gasteiger charge is -2.09. The molecule has 0 saturated heterocycles. The fourth-order valence-corrected chi connectivity index (χ4v) is 1.20. The third kappa shape index (κ3) is 2.86. The summed E-state index contributed by atoms with van der Waals surface area (Å²) in [6, 6.07) is 2.86. The second-order valence-corrected chi connectivity index (χ2v) is 3.29. The van der Waals surface area contributed by atoms with Crippen molar-refractivity contribution in [1.82, 2.24) is 0 Å². The number of hydrogen-bond acceptors (Lipinski definition) is 2. The summed E-state index contributed by atoms with van der Waals surface area (Å²) < 4.78 is 23.3. The lowest BCUT2D eigenvalue weighted by atomic mass is 10.2. The van der Waals surface area contributed by atoms with E-state index in [-0.39, 0.29) is 5.82 Å². The smallest absolute Gasteiger partial charge is 0.131 e. The number of rotatable bonds is 4. The topological polar surface area (TPSA) is 18.5 Å². The van der Waals surface area contributed by atoms with Crippen LogP contribution in [0.2, 0.25) is 5.02 Å². The van der Waals surface area contributed by atoms with Crippen molar-refractivity contribution < 1.29 is 13.9 Å². The second kappa shape index (κ2) is 5.17. The summed E-state index contributed by atoms with van der Waals surface area (Å²) >= 11 is 5.68. The van der Waals surface area contributed by atoms with Gasteiger partial charge in [-0.25, -0.2) is 4.39 Å². The van der Waals surface area contributed by atoms with Gasteiger partial charge in [0, 0.05) is 17.7 Å². The number of methoxy groups -OCH3 is 1. The molecule has 4 heteroatoms. The van der Waals surface area contributed by atoms with E-state index >= 15 is 0 Å². The van der Waals surface area contributed by atoms with Crippen LogP contribution in [0.1, 0.15) is 5.56 Å². The predicted octanol–water partition coefficient (Wildman–Crippen LogP) is 2.81. The molecule has 0 aliphatic heterocycles. The molecule has 78 valence electrons. The highest BCUT2D eigenvalue weighted by molar-refractivity contribution is 6.30. The van der Waals surface area contributed by atoms with Crippen LogP contribution < -0.4 is 4.74 Å². The molecule has 0 radical (unpaired) electrons. The lowest BCUT2D eigenvalue weighted by molar-refractivity contribution is 0.145. The van der Waals surface area contributed by atoms with E-state index in [4.69, 9.17) is 21.1 Å². The van der Waals surface area contributed by atoms with Gasteiger partial charge in [0.25, 0.3) is 0 Å². The highest BCUT2D eigenvalue weighted by Crippen LogP contribution is 2.25. The van der Waals surface area contributed by atoms with E-state index in [0.29, 0.717) is 29.5 Å². The maximum atomic E-state index is 13.2. The first-order valence-corrected chi connectivity index (χ1v) is 4.60. The van der Waals surface area contributed by atoms with Gasteiger partial charge in [-0.3, -0.25) is 0 Å². The molecular weight excluding hydrogens is 207 g/mol. The summed E-state index contributed by atoms with van der Waals surface area (Å²) in [5.74, 6) is 0.108. The van der Waals surface area contributed by atoms with Gasteiger partial charge in [0.15, 0.2) is 0 Å². The molecule has 0 aliphatic carbocycles. The van der Waals surface area contributed by atoms with Crippen LogP contribution >= 0.6 is 11.6 Å². The summed E-state index contributed by atoms with van der Waals surface area (Å²) in [5.41, 5.74) is 0.463. The average Bonchev–Trinajstić information content (AvgIpc) is 2.13. The van der Waals surface area contributed by atoms with Crippen molar-refractivity contribution in [2.24, 2.45) is 0 Å². The molecule has 0 aromatic heterocycles. The van der Waals surface area contributed by atoms with Gasteiger partial charge < -0.3 is 9.47 Å². The monoisotopic (exact) mass is 218 g/mol. The molecule has 0 N–H and O–H groups in total. The van der Waals surface area contributed by atoms with Crippen LogP contribution in [0.5, 0.6) is 5.75 Å². The first kappa shape index (κ1) is 11.3. The molecule has 0 heterocycles. The fraction of sp³-hybridized carbons (Fsp3) is 0.400. The summed E-state index contributed by atoms with van der Waals surface area (Å²) in [6.45, 7) is 2.50. The molecular formula is C10H12ClFO2. The lowest BCUT2D eigenvalue weighted by Crippen LogP contribution is -2.05. The first-order chi connectivity index (χ1) is 6.65. The third-order valence-corrected chi connectivity index (χ3v) is 2.02. The molecule has 0 saturated carbocycles. The molecule has 0 fully saturated rings. The Labute approximate surface area is 87.6 Å². The molecule has 14 heavy (non-hydrogen) atoms. The second-order valence-electron chi connectivity index (χ2n) is 2.85. The molecule has 0 aliphatic rings. The van der Waals surface area contributed by atoms with E-state index in [2.05, 4.69) is 0 Å². The normalized spacial score (nSPS) is 10.3. The predicted molar refractivity (Wildman–Crippen MR) is 53.5 cm³/mol. The Morgan fingerprint density at radius 2 is 2.07 bits per heavy atom. The number of hydrogen-bond donors (Lipinski definition) is 0. The van der Waals surface area contributed by atoms with E-state index in [9.17, 15) is 4.39 Å². The van der Waals surface area contributed by atoms with Crippen molar-refractivity contribution in [3.05, 3.63) is 28.5 Å². The first-order valence-electron chi connectivity index (χ1n) is 4.22. The number of halogens is 2. The van der Waals surface area contributed by atoms with Crippen LogP contribution in [-0.4, -0.2) is 20.3 Å². The van der Waals surface area contributed by atoms with Crippen molar-refractivity contribution in [3.63, 3.8) is 0 Å². The third-order valence-electron chi connectivity index (χ3n) is 1.81. The Hall–Kier alpha value is -0.800. The summed E-state index contributed by atoms with van der Waals surface area (Å²) in [5, 5.41) is 0.334. The van der Waals surface area contributed by atoms with Gasteiger partial charge in [0.05, 0.1) is 6.61 Å². The van der Waals surface area contributed by atoms with Crippen LogP contribution in [0.25, 0.3) is 0 Å². The molecule has 0 amide bonds. The van der Waals surface area contributed by atoms with Gasteiger partial charge in [0.2, 0.25) is 0 Å². The van der Waals surface area contributed by atoms with Crippen molar-refractivity contribution in [2.75, 3.05) is 20.3 Å². The van der Waals surface area contributed by atoms with Crippen LogP contribution in [0.4, 0.5) is 4.39 Å². The van der Waals surface area contributed by atoms with Crippen molar-refractivity contribution in [3.8, 4) is 5.75 Å². The Bertz CT molecular complexity index is 315. The Morgan fingerprint density at radius 1 is 1.36 bits per heavy atom.